The molecule has 1 fully saturated rings. The van der Waals surface area contributed by atoms with E-state index < -0.39 is 0 Å². The summed E-state index contributed by atoms with van der Waals surface area (Å²) in [5, 5.41) is 0. The standard InChI is InChI=1S/C19H22FN3O/c1-13(2)19(24)23-8-4-7-18(23)17-12-21-11-16(22-17)10-14-5-3-6-15(20)9-14/h3,5-6,9,11-13,18H,4,7-8,10H2,1-2H3. The topological polar surface area (TPSA) is 46.1 Å². The summed E-state index contributed by atoms with van der Waals surface area (Å²) in [6.45, 7) is 4.62. The Morgan fingerprint density at radius 1 is 1.38 bits per heavy atom. The van der Waals surface area contributed by atoms with Crippen molar-refractivity contribution in [2.45, 2.75) is 39.2 Å². The molecule has 1 amide bonds. The number of nitrogens with zero attached hydrogens (tertiary/aromatic N) is 3. The molecule has 0 radical (unpaired) electrons. The molecule has 24 heavy (non-hydrogen) atoms. The van der Waals surface area contributed by atoms with Crippen LogP contribution in [0.5, 0.6) is 0 Å². The summed E-state index contributed by atoms with van der Waals surface area (Å²) in [6.07, 6.45) is 5.88. The van der Waals surface area contributed by atoms with Crippen LogP contribution in [0.2, 0.25) is 0 Å². The molecule has 0 N–H and O–H groups in total. The van der Waals surface area contributed by atoms with Gasteiger partial charge < -0.3 is 4.90 Å². The summed E-state index contributed by atoms with van der Waals surface area (Å²) in [4.78, 5) is 23.3. The van der Waals surface area contributed by atoms with Crippen LogP contribution in [0.4, 0.5) is 4.39 Å². The van der Waals surface area contributed by atoms with Gasteiger partial charge in [-0.25, -0.2) is 4.39 Å². The van der Waals surface area contributed by atoms with Crippen molar-refractivity contribution in [3.05, 3.63) is 59.4 Å². The number of hydrogen-bond donors (Lipinski definition) is 0. The van der Waals surface area contributed by atoms with Crippen molar-refractivity contribution in [3.8, 4) is 0 Å². The largest absolute Gasteiger partial charge is 0.334 e. The minimum atomic E-state index is -0.249. The number of likely N-dealkylation sites (tertiary alicyclic amines) is 1. The summed E-state index contributed by atoms with van der Waals surface area (Å²) in [5.41, 5.74) is 2.49. The van der Waals surface area contributed by atoms with Crippen molar-refractivity contribution in [1.29, 1.82) is 0 Å². The van der Waals surface area contributed by atoms with E-state index in [1.54, 1.807) is 18.5 Å². The number of rotatable bonds is 4. The Morgan fingerprint density at radius 2 is 2.21 bits per heavy atom. The highest BCUT2D eigenvalue weighted by Gasteiger charge is 2.32. The van der Waals surface area contributed by atoms with Gasteiger partial charge in [-0.05, 0) is 30.5 Å². The van der Waals surface area contributed by atoms with Crippen LogP contribution in [0.15, 0.2) is 36.7 Å². The van der Waals surface area contributed by atoms with E-state index in [1.165, 1.54) is 12.1 Å². The lowest BCUT2D eigenvalue weighted by Crippen LogP contribution is -2.34. The Morgan fingerprint density at radius 3 is 2.96 bits per heavy atom. The second kappa shape index (κ2) is 7.07. The zero-order valence-electron chi connectivity index (χ0n) is 14.1. The van der Waals surface area contributed by atoms with Gasteiger partial charge in [-0.1, -0.05) is 26.0 Å². The summed E-state index contributed by atoms with van der Waals surface area (Å²) < 4.78 is 13.3. The minimum absolute atomic E-state index is 0.000130. The van der Waals surface area contributed by atoms with Crippen LogP contribution in [0.1, 0.15) is 49.7 Å². The van der Waals surface area contributed by atoms with Gasteiger partial charge in [0.15, 0.2) is 0 Å². The summed E-state index contributed by atoms with van der Waals surface area (Å²) in [6, 6.07) is 6.52. The Kier molecular flexibility index (Phi) is 4.88. The van der Waals surface area contributed by atoms with Gasteiger partial charge in [0, 0.05) is 25.1 Å². The first kappa shape index (κ1) is 16.6. The first-order valence-electron chi connectivity index (χ1n) is 8.40. The molecule has 0 spiro atoms. The van der Waals surface area contributed by atoms with Crippen LogP contribution in [0.25, 0.3) is 0 Å². The monoisotopic (exact) mass is 327 g/mol. The van der Waals surface area contributed by atoms with E-state index in [1.807, 2.05) is 24.8 Å². The second-order valence-corrected chi connectivity index (χ2v) is 6.59. The molecule has 3 rings (SSSR count). The van der Waals surface area contributed by atoms with Crippen LogP contribution in [-0.2, 0) is 11.2 Å². The Bertz CT molecular complexity index is 732. The number of hydrogen-bond acceptors (Lipinski definition) is 3. The maximum absolute atomic E-state index is 13.3. The van der Waals surface area contributed by atoms with E-state index in [-0.39, 0.29) is 23.7 Å². The van der Waals surface area contributed by atoms with Gasteiger partial charge in [0.1, 0.15) is 5.82 Å². The Labute approximate surface area is 141 Å². The molecular formula is C19H22FN3O. The fraction of sp³-hybridized carbons (Fsp3) is 0.421. The Hall–Kier alpha value is -2.30. The number of benzene rings is 1. The number of halogens is 1. The predicted octanol–water partition coefficient (Wildman–Crippen LogP) is 3.53. The first-order chi connectivity index (χ1) is 11.5. The highest BCUT2D eigenvalue weighted by atomic mass is 19.1. The normalized spacial score (nSPS) is 17.5. The van der Waals surface area contributed by atoms with E-state index in [9.17, 15) is 9.18 Å². The first-order valence-corrected chi connectivity index (χ1v) is 8.40. The summed E-state index contributed by atoms with van der Waals surface area (Å²) >= 11 is 0. The van der Waals surface area contributed by atoms with Crippen molar-refractivity contribution >= 4 is 5.91 Å². The molecule has 1 saturated heterocycles. The summed E-state index contributed by atoms with van der Waals surface area (Å²) in [5.74, 6) is -0.106. The van der Waals surface area contributed by atoms with Crippen molar-refractivity contribution in [2.24, 2.45) is 5.92 Å². The van der Waals surface area contributed by atoms with E-state index in [4.69, 9.17) is 4.98 Å². The summed E-state index contributed by atoms with van der Waals surface area (Å²) in [7, 11) is 0. The van der Waals surface area contributed by atoms with Crippen LogP contribution in [-0.4, -0.2) is 27.3 Å². The van der Waals surface area contributed by atoms with Gasteiger partial charge in [-0.15, -0.1) is 0 Å². The maximum Gasteiger partial charge on any atom is 0.225 e. The number of carbonyl (C=O) groups is 1. The maximum atomic E-state index is 13.3. The van der Waals surface area contributed by atoms with Gasteiger partial charge in [0.05, 0.1) is 23.6 Å². The second-order valence-electron chi connectivity index (χ2n) is 6.59. The third kappa shape index (κ3) is 3.61. The molecule has 5 heteroatoms. The molecule has 4 nitrogen and oxygen atoms in total. The van der Waals surface area contributed by atoms with Crippen molar-refractivity contribution < 1.29 is 9.18 Å². The van der Waals surface area contributed by atoms with E-state index in [0.717, 1.165) is 36.3 Å². The van der Waals surface area contributed by atoms with E-state index in [0.29, 0.717) is 6.42 Å². The van der Waals surface area contributed by atoms with Crippen molar-refractivity contribution in [2.75, 3.05) is 6.54 Å². The molecule has 1 aliphatic heterocycles. The van der Waals surface area contributed by atoms with E-state index >= 15 is 0 Å². The molecule has 1 unspecified atom stereocenters. The quantitative estimate of drug-likeness (QED) is 0.863. The molecule has 0 aliphatic carbocycles. The van der Waals surface area contributed by atoms with Crippen LogP contribution < -0.4 is 0 Å². The highest BCUT2D eigenvalue weighted by molar-refractivity contribution is 5.78. The molecule has 1 aliphatic rings. The molecule has 1 atom stereocenters. The molecule has 1 aromatic carbocycles. The number of carbonyl (C=O) groups excluding carboxylic acids is 1. The van der Waals surface area contributed by atoms with Crippen LogP contribution >= 0.6 is 0 Å². The third-order valence-corrected chi connectivity index (χ3v) is 4.35. The van der Waals surface area contributed by atoms with Gasteiger partial charge >= 0.3 is 0 Å². The molecule has 2 aromatic rings. The lowest BCUT2D eigenvalue weighted by Gasteiger charge is -2.26. The fourth-order valence-electron chi connectivity index (χ4n) is 3.19. The average Bonchev–Trinajstić information content (AvgIpc) is 3.04. The molecular weight excluding hydrogens is 305 g/mol. The molecule has 126 valence electrons. The molecule has 0 saturated carbocycles. The van der Waals surface area contributed by atoms with Crippen molar-refractivity contribution in [1.82, 2.24) is 14.9 Å². The van der Waals surface area contributed by atoms with Crippen molar-refractivity contribution in [3.63, 3.8) is 0 Å². The van der Waals surface area contributed by atoms with Crippen LogP contribution in [0, 0.1) is 11.7 Å². The van der Waals surface area contributed by atoms with Crippen LogP contribution in [0.3, 0.4) is 0 Å². The highest BCUT2D eigenvalue weighted by Crippen LogP contribution is 2.31. The fourth-order valence-corrected chi connectivity index (χ4v) is 3.19. The minimum Gasteiger partial charge on any atom is -0.334 e. The van der Waals surface area contributed by atoms with E-state index in [2.05, 4.69) is 4.98 Å². The Balaban J connectivity index is 1.81. The lowest BCUT2D eigenvalue weighted by molar-refractivity contribution is -0.135. The smallest absolute Gasteiger partial charge is 0.225 e. The average molecular weight is 327 g/mol. The molecule has 2 heterocycles. The van der Waals surface area contributed by atoms with Gasteiger partial charge in [0.25, 0.3) is 0 Å². The van der Waals surface area contributed by atoms with Gasteiger partial charge in [-0.3, -0.25) is 14.8 Å². The molecule has 0 bridgehead atoms. The van der Waals surface area contributed by atoms with Gasteiger partial charge in [0.2, 0.25) is 5.91 Å². The zero-order chi connectivity index (χ0) is 17.1. The lowest BCUT2D eigenvalue weighted by atomic mass is 10.1. The SMILES string of the molecule is CC(C)C(=O)N1CCCC1c1cncc(Cc2cccc(F)c2)n1. The number of aromatic nitrogens is 2. The number of amides is 1. The zero-order valence-corrected chi connectivity index (χ0v) is 14.1. The van der Waals surface area contributed by atoms with Gasteiger partial charge in [-0.2, -0.15) is 0 Å². The predicted molar refractivity (Wildman–Crippen MR) is 89.8 cm³/mol. The third-order valence-electron chi connectivity index (χ3n) is 4.35. The molecule has 1 aromatic heterocycles.